The summed E-state index contributed by atoms with van der Waals surface area (Å²) in [6, 6.07) is 10.0. The molecule has 0 unspecified atom stereocenters. The second-order valence-corrected chi connectivity index (χ2v) is 9.49. The number of nitrogens with one attached hydrogen (secondary N) is 1. The minimum atomic E-state index is -0.685. The van der Waals surface area contributed by atoms with Crippen LogP contribution < -0.4 is 24.3 Å². The summed E-state index contributed by atoms with van der Waals surface area (Å²) in [5.41, 5.74) is 2.04. The molecule has 12 nitrogen and oxygen atoms in total. The number of nitro benzene ring substituents is 1. The topological polar surface area (TPSA) is 159 Å². The summed E-state index contributed by atoms with van der Waals surface area (Å²) in [6.45, 7) is 0.107. The molecule has 202 valence electrons. The third kappa shape index (κ3) is 3.87. The molecule has 0 amide bonds. The number of fused-ring (bicyclic) bond motifs is 3. The molecule has 3 N–H and O–H groups in total. The summed E-state index contributed by atoms with van der Waals surface area (Å²) in [5, 5.41) is 35.7. The van der Waals surface area contributed by atoms with Gasteiger partial charge in [0.15, 0.2) is 23.0 Å². The maximum Gasteiger partial charge on any atom is 0.310 e. The number of anilines is 1. The van der Waals surface area contributed by atoms with Crippen LogP contribution in [0.2, 0.25) is 0 Å². The number of hydrogen-bond acceptors (Lipinski definition) is 11. The molecule has 12 heteroatoms. The van der Waals surface area contributed by atoms with Gasteiger partial charge in [-0.2, -0.15) is 0 Å². The van der Waals surface area contributed by atoms with Crippen LogP contribution in [0.4, 0.5) is 11.4 Å². The second kappa shape index (κ2) is 9.15. The zero-order valence-electron chi connectivity index (χ0n) is 20.9. The molecule has 3 aromatic rings. The molecule has 6 rings (SSSR count). The number of nitrogens with zero attached hydrogens (tertiary/aromatic N) is 1. The molecule has 0 bridgehead atoms. The van der Waals surface area contributed by atoms with Crippen LogP contribution >= 0.6 is 0 Å². The summed E-state index contributed by atoms with van der Waals surface area (Å²) in [4.78, 5) is 24.1. The van der Waals surface area contributed by atoms with Crippen molar-refractivity contribution < 1.29 is 43.6 Å². The Kier molecular flexibility index (Phi) is 5.74. The van der Waals surface area contributed by atoms with Crippen LogP contribution in [0.5, 0.6) is 34.5 Å². The fraction of sp³-hybridized carbons (Fsp3) is 0.296. The van der Waals surface area contributed by atoms with E-state index in [-0.39, 0.29) is 47.8 Å². The van der Waals surface area contributed by atoms with Crippen molar-refractivity contribution in [3.63, 3.8) is 0 Å². The van der Waals surface area contributed by atoms with Gasteiger partial charge in [0, 0.05) is 24.0 Å². The quantitative estimate of drug-likeness (QED) is 0.182. The van der Waals surface area contributed by atoms with E-state index in [2.05, 4.69) is 5.32 Å². The molecule has 0 saturated carbocycles. The van der Waals surface area contributed by atoms with Crippen molar-refractivity contribution in [2.75, 3.05) is 32.9 Å². The van der Waals surface area contributed by atoms with Crippen LogP contribution in [0.3, 0.4) is 0 Å². The van der Waals surface area contributed by atoms with Crippen LogP contribution in [0, 0.1) is 22.0 Å². The van der Waals surface area contributed by atoms with Crippen molar-refractivity contribution in [2.24, 2.45) is 11.8 Å². The van der Waals surface area contributed by atoms with Crippen molar-refractivity contribution in [1.29, 1.82) is 0 Å². The van der Waals surface area contributed by atoms with Crippen molar-refractivity contribution in [2.45, 2.75) is 12.0 Å². The van der Waals surface area contributed by atoms with E-state index >= 15 is 0 Å². The lowest BCUT2D eigenvalue weighted by atomic mass is 9.65. The third-order valence-electron chi connectivity index (χ3n) is 7.55. The van der Waals surface area contributed by atoms with E-state index in [4.69, 9.17) is 23.7 Å². The maximum absolute atomic E-state index is 13.3. The summed E-state index contributed by atoms with van der Waals surface area (Å²) in [5.74, 6) is -1.08. The summed E-state index contributed by atoms with van der Waals surface area (Å²) in [7, 11) is 2.84. The van der Waals surface area contributed by atoms with Crippen molar-refractivity contribution >= 4 is 17.3 Å². The first-order valence-corrected chi connectivity index (χ1v) is 12.1. The van der Waals surface area contributed by atoms with Gasteiger partial charge in [0.1, 0.15) is 5.75 Å². The van der Waals surface area contributed by atoms with E-state index in [0.717, 1.165) is 11.1 Å². The Morgan fingerprint density at radius 2 is 1.64 bits per heavy atom. The standard InChI is InChI=1S/C27H24N2O10/c1-35-21-5-12(6-22(36-2)26(21)31)23-14-8-19-20(39-11-38-19)9-15(14)25(16-10-37-27(32)24(16)23)28-17-7-13(29(33)34)3-4-18(17)30/h3-9,16,23-25,28,30-31H,10-11H2,1-2H3/t16-,23+,24-,25+/m0/s1. The van der Waals surface area contributed by atoms with Gasteiger partial charge in [0.05, 0.1) is 43.4 Å². The Balaban J connectivity index is 1.55. The van der Waals surface area contributed by atoms with Crippen molar-refractivity contribution in [3.8, 4) is 34.5 Å². The van der Waals surface area contributed by atoms with E-state index < -0.39 is 34.7 Å². The Morgan fingerprint density at radius 1 is 0.974 bits per heavy atom. The molecule has 1 saturated heterocycles. The largest absolute Gasteiger partial charge is 0.506 e. The number of aromatic hydroxyl groups is 2. The number of nitro groups is 1. The number of esters is 1. The van der Waals surface area contributed by atoms with E-state index in [1.807, 2.05) is 6.07 Å². The minimum Gasteiger partial charge on any atom is -0.506 e. The highest BCUT2D eigenvalue weighted by molar-refractivity contribution is 5.79. The van der Waals surface area contributed by atoms with Gasteiger partial charge >= 0.3 is 5.97 Å². The number of hydrogen-bond donors (Lipinski definition) is 3. The zero-order valence-corrected chi connectivity index (χ0v) is 20.9. The van der Waals surface area contributed by atoms with Crippen LogP contribution in [0.15, 0.2) is 42.5 Å². The van der Waals surface area contributed by atoms with Gasteiger partial charge in [-0.05, 0) is 47.0 Å². The monoisotopic (exact) mass is 536 g/mol. The predicted octanol–water partition coefficient (Wildman–Crippen LogP) is 3.84. The third-order valence-corrected chi connectivity index (χ3v) is 7.55. The van der Waals surface area contributed by atoms with E-state index in [0.29, 0.717) is 17.1 Å². The number of benzene rings is 3. The maximum atomic E-state index is 13.3. The number of phenols is 2. The molecule has 2 aliphatic heterocycles. The number of carbonyl (C=O) groups is 1. The first kappa shape index (κ1) is 24.5. The minimum absolute atomic E-state index is 0.0302. The van der Waals surface area contributed by atoms with Gasteiger partial charge in [-0.1, -0.05) is 0 Å². The Bertz CT molecular complexity index is 1480. The highest BCUT2D eigenvalue weighted by Crippen LogP contribution is 2.56. The van der Waals surface area contributed by atoms with Gasteiger partial charge in [0.25, 0.3) is 5.69 Å². The molecule has 1 fully saturated rings. The molecule has 39 heavy (non-hydrogen) atoms. The summed E-state index contributed by atoms with van der Waals surface area (Å²) >= 11 is 0. The van der Waals surface area contributed by atoms with Gasteiger partial charge in [-0.15, -0.1) is 0 Å². The second-order valence-electron chi connectivity index (χ2n) is 9.49. The number of cyclic esters (lactones) is 1. The highest BCUT2D eigenvalue weighted by Gasteiger charge is 2.53. The number of rotatable bonds is 6. The first-order valence-electron chi connectivity index (χ1n) is 12.1. The smallest absolute Gasteiger partial charge is 0.310 e. The average Bonchev–Trinajstić information content (AvgIpc) is 3.55. The SMILES string of the molecule is COc1cc([C@@H]2c3cc4c(cc3[C@@H](Nc3cc([N+](=O)[O-])ccc3O)[C@H]3COC(=O)[C@H]23)OCO4)cc(OC)c1O. The molecule has 4 atom stereocenters. The molecule has 0 aromatic heterocycles. The first-order chi connectivity index (χ1) is 18.8. The number of methoxy groups -OCH3 is 2. The lowest BCUT2D eigenvalue weighted by molar-refractivity contribution is -0.384. The lowest BCUT2D eigenvalue weighted by Crippen LogP contribution is -2.37. The molecule has 0 spiro atoms. The normalized spacial score (nSPS) is 22.5. The van der Waals surface area contributed by atoms with Gasteiger partial charge in [0.2, 0.25) is 12.5 Å². The van der Waals surface area contributed by atoms with Crippen molar-refractivity contribution in [3.05, 3.63) is 69.3 Å². The summed E-state index contributed by atoms with van der Waals surface area (Å²) in [6.07, 6.45) is 0. The number of carbonyl (C=O) groups excluding carboxylic acids is 1. The molecule has 3 aromatic carbocycles. The zero-order chi connectivity index (χ0) is 27.4. The molecular formula is C27H24N2O10. The highest BCUT2D eigenvalue weighted by atomic mass is 16.7. The fourth-order valence-electron chi connectivity index (χ4n) is 5.76. The van der Waals surface area contributed by atoms with Crippen molar-refractivity contribution in [1.82, 2.24) is 0 Å². The van der Waals surface area contributed by atoms with Crippen LogP contribution in [0.25, 0.3) is 0 Å². The van der Waals surface area contributed by atoms with E-state index in [1.165, 1.54) is 32.4 Å². The number of ether oxygens (including phenoxy) is 5. The Hall–Kier alpha value is -4.87. The molecular weight excluding hydrogens is 512 g/mol. The van der Waals surface area contributed by atoms with Crippen LogP contribution in [-0.2, 0) is 9.53 Å². The van der Waals surface area contributed by atoms with E-state index in [9.17, 15) is 25.1 Å². The Labute approximate surface area is 221 Å². The molecule has 2 heterocycles. The van der Waals surface area contributed by atoms with Gasteiger partial charge in [-0.25, -0.2) is 0 Å². The summed E-state index contributed by atoms with van der Waals surface area (Å²) < 4.78 is 27.6. The fourth-order valence-corrected chi connectivity index (χ4v) is 5.76. The molecule has 0 radical (unpaired) electrons. The lowest BCUT2D eigenvalue weighted by Gasteiger charge is -2.40. The average molecular weight is 536 g/mol. The predicted molar refractivity (Wildman–Crippen MR) is 135 cm³/mol. The Morgan fingerprint density at radius 3 is 2.28 bits per heavy atom. The number of phenolic OH excluding ortho intramolecular Hbond substituents is 2. The molecule has 1 aliphatic carbocycles. The van der Waals surface area contributed by atoms with Gasteiger partial charge in [-0.3, -0.25) is 14.9 Å². The van der Waals surface area contributed by atoms with Gasteiger partial charge < -0.3 is 39.2 Å². The number of non-ortho nitro benzene ring substituents is 1. The molecule has 3 aliphatic rings. The van der Waals surface area contributed by atoms with Crippen LogP contribution in [0.1, 0.15) is 28.7 Å². The van der Waals surface area contributed by atoms with E-state index in [1.54, 1.807) is 18.2 Å². The van der Waals surface area contributed by atoms with Crippen LogP contribution in [-0.4, -0.2) is 48.7 Å².